The monoisotopic (exact) mass is 462 g/mol. The van der Waals surface area contributed by atoms with Crippen LogP contribution in [0.4, 0.5) is 10.5 Å². The largest absolute Gasteiger partial charge is 0.484 e. The van der Waals surface area contributed by atoms with Gasteiger partial charge in [0.15, 0.2) is 5.43 Å². The van der Waals surface area contributed by atoms with Crippen molar-refractivity contribution in [2.24, 2.45) is 7.05 Å². The number of pyridine rings is 1. The van der Waals surface area contributed by atoms with Crippen molar-refractivity contribution in [1.29, 1.82) is 0 Å². The molecule has 4 aromatic rings. The zero-order chi connectivity index (χ0) is 24.5. The van der Waals surface area contributed by atoms with Crippen LogP contribution in [0, 0.1) is 0 Å². The molecule has 0 aliphatic carbocycles. The molecule has 2 N–H and O–H groups in total. The minimum atomic E-state index is -1.30. The van der Waals surface area contributed by atoms with Crippen molar-refractivity contribution in [3.63, 3.8) is 0 Å². The van der Waals surface area contributed by atoms with E-state index in [1.54, 1.807) is 27.0 Å². The molecular formula is C26H26N2O6. The van der Waals surface area contributed by atoms with E-state index in [1.807, 2.05) is 41.0 Å². The van der Waals surface area contributed by atoms with Crippen LogP contribution in [0.3, 0.4) is 0 Å². The summed E-state index contributed by atoms with van der Waals surface area (Å²) in [4.78, 5) is 27.7. The van der Waals surface area contributed by atoms with Gasteiger partial charge in [0.05, 0.1) is 29.2 Å². The lowest BCUT2D eigenvalue weighted by Gasteiger charge is -2.41. The molecule has 5 rings (SSSR count). The molecule has 0 radical (unpaired) electrons. The number of rotatable bonds is 1. The zero-order valence-corrected chi connectivity index (χ0v) is 19.6. The lowest BCUT2D eigenvalue weighted by atomic mass is 9.86. The Bertz CT molecular complexity index is 1550. The predicted octanol–water partition coefficient (Wildman–Crippen LogP) is 3.61. The average molecular weight is 463 g/mol. The van der Waals surface area contributed by atoms with E-state index in [4.69, 9.17) is 9.47 Å². The van der Waals surface area contributed by atoms with Crippen molar-refractivity contribution in [3.05, 3.63) is 58.3 Å². The zero-order valence-electron chi connectivity index (χ0n) is 19.6. The Morgan fingerprint density at radius 3 is 2.44 bits per heavy atom. The third-order valence-electron chi connectivity index (χ3n) is 6.80. The van der Waals surface area contributed by atoms with Gasteiger partial charge in [0.25, 0.3) is 0 Å². The van der Waals surface area contributed by atoms with Gasteiger partial charge in [-0.1, -0.05) is 24.3 Å². The number of aliphatic hydroxyl groups is 2. The molecule has 3 aromatic carbocycles. The molecule has 1 amide bonds. The number of fused-ring (bicyclic) bond motifs is 5. The highest BCUT2D eigenvalue weighted by molar-refractivity contribution is 6.09. The smallest absolute Gasteiger partial charge is 0.413 e. The summed E-state index contributed by atoms with van der Waals surface area (Å²) in [6, 6.07) is 13.0. The molecule has 0 spiro atoms. The Kier molecular flexibility index (Phi) is 4.86. The minimum absolute atomic E-state index is 0.228. The van der Waals surface area contributed by atoms with Crippen LogP contribution in [0.1, 0.15) is 25.5 Å². The summed E-state index contributed by atoms with van der Waals surface area (Å²) in [5, 5.41) is 24.5. The molecule has 8 nitrogen and oxygen atoms in total. The van der Waals surface area contributed by atoms with Crippen LogP contribution in [0.5, 0.6) is 5.75 Å². The van der Waals surface area contributed by atoms with Crippen LogP contribution < -0.4 is 15.1 Å². The maximum absolute atomic E-state index is 13.9. The fraction of sp³-hybridized carbons (Fsp3) is 0.308. The van der Waals surface area contributed by atoms with Gasteiger partial charge in [0.2, 0.25) is 0 Å². The molecule has 8 heteroatoms. The molecule has 176 valence electrons. The van der Waals surface area contributed by atoms with E-state index in [1.165, 1.54) is 19.1 Å². The maximum atomic E-state index is 13.9. The quantitative estimate of drug-likeness (QED) is 0.419. The molecule has 1 aromatic heterocycles. The van der Waals surface area contributed by atoms with Gasteiger partial charge >= 0.3 is 6.09 Å². The second kappa shape index (κ2) is 7.44. The Labute approximate surface area is 195 Å². The van der Waals surface area contributed by atoms with Crippen LogP contribution in [0.25, 0.3) is 32.6 Å². The van der Waals surface area contributed by atoms with Crippen LogP contribution in [-0.4, -0.2) is 46.7 Å². The minimum Gasteiger partial charge on any atom is -0.484 e. The van der Waals surface area contributed by atoms with Gasteiger partial charge in [-0.3, -0.25) is 9.69 Å². The molecule has 2 unspecified atom stereocenters. The summed E-state index contributed by atoms with van der Waals surface area (Å²) in [6.07, 6.45) is -3.19. The summed E-state index contributed by atoms with van der Waals surface area (Å²) in [5.41, 5.74) is 0.247. The Morgan fingerprint density at radius 2 is 1.79 bits per heavy atom. The van der Waals surface area contributed by atoms with Gasteiger partial charge < -0.3 is 24.3 Å². The van der Waals surface area contributed by atoms with Crippen LogP contribution in [0.2, 0.25) is 0 Å². The van der Waals surface area contributed by atoms with Gasteiger partial charge in [-0.05, 0) is 36.8 Å². The molecule has 0 bridgehead atoms. The number of nitrogens with zero attached hydrogens (tertiary/aromatic N) is 2. The van der Waals surface area contributed by atoms with Crippen molar-refractivity contribution in [3.8, 4) is 5.75 Å². The fourth-order valence-electron chi connectivity index (χ4n) is 4.91. The number of carbonyl (C=O) groups excluding carboxylic acids is 1. The summed E-state index contributed by atoms with van der Waals surface area (Å²) >= 11 is 0. The number of carbonyl (C=O) groups is 1. The Hall–Kier alpha value is -3.62. The average Bonchev–Trinajstić information content (AvgIpc) is 2.82. The van der Waals surface area contributed by atoms with Crippen molar-refractivity contribution in [1.82, 2.24) is 4.57 Å². The molecule has 34 heavy (non-hydrogen) atoms. The van der Waals surface area contributed by atoms with E-state index in [-0.39, 0.29) is 22.3 Å². The first-order valence-corrected chi connectivity index (χ1v) is 11.0. The first-order valence-electron chi connectivity index (χ1n) is 11.0. The van der Waals surface area contributed by atoms with Gasteiger partial charge in [-0.15, -0.1) is 0 Å². The number of benzene rings is 3. The van der Waals surface area contributed by atoms with Crippen molar-refractivity contribution < 1.29 is 24.5 Å². The van der Waals surface area contributed by atoms with Gasteiger partial charge in [0, 0.05) is 31.1 Å². The first-order chi connectivity index (χ1) is 16.1. The molecule has 1 aliphatic heterocycles. The van der Waals surface area contributed by atoms with Crippen molar-refractivity contribution >= 4 is 44.4 Å². The number of aryl methyl sites for hydroxylation is 1. The van der Waals surface area contributed by atoms with Crippen LogP contribution in [0.15, 0.2) is 47.3 Å². The SMILES string of the molecule is COC(=O)N(C)c1cc2c(c3c1c(=O)c1cc4ccccc4cc1n3C)C(O)C(O)C(C)(C)O2. The fourth-order valence-corrected chi connectivity index (χ4v) is 4.91. The number of amides is 1. The van der Waals surface area contributed by atoms with E-state index in [0.29, 0.717) is 22.0 Å². The Balaban J connectivity index is 2.01. The van der Waals surface area contributed by atoms with Gasteiger partial charge in [0.1, 0.15) is 23.6 Å². The summed E-state index contributed by atoms with van der Waals surface area (Å²) in [5.74, 6) is 0.288. The van der Waals surface area contributed by atoms with E-state index in [2.05, 4.69) is 0 Å². The normalized spacial score (nSPS) is 19.1. The third-order valence-corrected chi connectivity index (χ3v) is 6.80. The molecule has 0 fully saturated rings. The van der Waals surface area contributed by atoms with E-state index < -0.39 is 23.9 Å². The third kappa shape index (κ3) is 2.99. The first kappa shape index (κ1) is 22.2. The van der Waals surface area contributed by atoms with E-state index >= 15 is 0 Å². The molecule has 0 saturated heterocycles. The highest BCUT2D eigenvalue weighted by Gasteiger charge is 2.44. The summed E-state index contributed by atoms with van der Waals surface area (Å²) < 4.78 is 12.8. The number of methoxy groups -OCH3 is 1. The molecular weight excluding hydrogens is 436 g/mol. The molecule has 2 heterocycles. The highest BCUT2D eigenvalue weighted by atomic mass is 16.5. The second-order valence-corrected chi connectivity index (χ2v) is 9.26. The van der Waals surface area contributed by atoms with Gasteiger partial charge in [-0.25, -0.2) is 4.79 Å². The predicted molar refractivity (Wildman–Crippen MR) is 131 cm³/mol. The lowest BCUT2D eigenvalue weighted by molar-refractivity contribution is -0.111. The molecule has 0 saturated carbocycles. The second-order valence-electron chi connectivity index (χ2n) is 9.26. The number of aromatic nitrogens is 1. The lowest BCUT2D eigenvalue weighted by Crippen LogP contribution is -2.49. The van der Waals surface area contributed by atoms with E-state index in [9.17, 15) is 19.8 Å². The van der Waals surface area contributed by atoms with Crippen molar-refractivity contribution in [2.75, 3.05) is 19.1 Å². The number of ether oxygens (including phenoxy) is 2. The number of anilines is 1. The molecule has 1 aliphatic rings. The van der Waals surface area contributed by atoms with Crippen LogP contribution in [-0.2, 0) is 11.8 Å². The van der Waals surface area contributed by atoms with E-state index in [0.717, 1.165) is 10.8 Å². The summed E-state index contributed by atoms with van der Waals surface area (Å²) in [7, 11) is 4.56. The standard InChI is InChI=1S/C26H26N2O6/c1-26(2)24(31)23(30)20-18(34-26)12-17(28(4)25(32)33-5)19-21(20)27(3)16-11-14-9-7-6-8-13(14)10-15(16)22(19)29/h6-12,23-24,30-31H,1-5H3. The van der Waals surface area contributed by atoms with Gasteiger partial charge in [-0.2, -0.15) is 0 Å². The highest BCUT2D eigenvalue weighted by Crippen LogP contribution is 2.46. The number of hydrogen-bond donors (Lipinski definition) is 2. The Morgan fingerprint density at radius 1 is 1.15 bits per heavy atom. The molecule has 2 atom stereocenters. The maximum Gasteiger partial charge on any atom is 0.413 e. The van der Waals surface area contributed by atoms with Crippen molar-refractivity contribution in [2.45, 2.75) is 31.7 Å². The van der Waals surface area contributed by atoms with Crippen LogP contribution >= 0.6 is 0 Å². The number of hydrogen-bond acceptors (Lipinski definition) is 6. The number of aliphatic hydroxyl groups excluding tert-OH is 2. The topological polar surface area (TPSA) is 101 Å². The summed E-state index contributed by atoms with van der Waals surface area (Å²) in [6.45, 7) is 3.34.